The van der Waals surface area contributed by atoms with Crippen molar-refractivity contribution in [3.63, 3.8) is 0 Å². The molecule has 0 spiro atoms. The van der Waals surface area contributed by atoms with Gasteiger partial charge in [-0.15, -0.1) is 11.3 Å². The highest BCUT2D eigenvalue weighted by Gasteiger charge is 2.20. The number of anilines is 2. The summed E-state index contributed by atoms with van der Waals surface area (Å²) in [5.41, 5.74) is 1.91. The number of nitrogens with one attached hydrogen (secondary N) is 3. The topological polar surface area (TPSA) is 109 Å². The molecule has 0 aliphatic heterocycles. The Balaban J connectivity index is 1.50. The molecule has 3 N–H and O–H groups in total. The lowest BCUT2D eigenvalue weighted by Gasteiger charge is -2.15. The first-order valence-electron chi connectivity index (χ1n) is 11.5. The Morgan fingerprint density at radius 1 is 0.949 bits per heavy atom. The molecule has 0 unspecified atom stereocenters. The lowest BCUT2D eigenvalue weighted by molar-refractivity contribution is 0.256. The second kappa shape index (κ2) is 10.5. The molecule has 0 atom stereocenters. The van der Waals surface area contributed by atoms with E-state index in [9.17, 15) is 18.0 Å². The van der Waals surface area contributed by atoms with E-state index in [0.29, 0.717) is 10.8 Å². The molecule has 198 valence electrons. The van der Waals surface area contributed by atoms with Crippen molar-refractivity contribution in [3.8, 4) is 16.8 Å². The van der Waals surface area contributed by atoms with Gasteiger partial charge in [-0.25, -0.2) is 22.3 Å². The van der Waals surface area contributed by atoms with Crippen molar-refractivity contribution in [1.29, 1.82) is 0 Å². The number of carbonyl (C=O) groups is 1. The van der Waals surface area contributed by atoms with E-state index >= 15 is 4.39 Å². The second-order valence-electron chi connectivity index (χ2n) is 8.38. The van der Waals surface area contributed by atoms with Crippen LogP contribution < -0.4 is 20.9 Å². The molecule has 0 radical (unpaired) electrons. The highest BCUT2D eigenvalue weighted by molar-refractivity contribution is 7.92. The predicted molar refractivity (Wildman–Crippen MR) is 153 cm³/mol. The van der Waals surface area contributed by atoms with Gasteiger partial charge in [0.25, 0.3) is 15.6 Å². The minimum Gasteiger partial charge on any atom is -0.388 e. The zero-order valence-corrected chi connectivity index (χ0v) is 22.6. The molecular formula is C27H20ClFN4O4S2. The van der Waals surface area contributed by atoms with Gasteiger partial charge >= 0.3 is 6.03 Å². The van der Waals surface area contributed by atoms with Crippen molar-refractivity contribution in [3.05, 3.63) is 106 Å². The predicted octanol–water partition coefficient (Wildman–Crippen LogP) is 6.06. The van der Waals surface area contributed by atoms with Crippen molar-refractivity contribution in [2.24, 2.45) is 0 Å². The van der Waals surface area contributed by atoms with Crippen LogP contribution in [-0.4, -0.2) is 26.1 Å². The van der Waals surface area contributed by atoms with Crippen LogP contribution in [-0.2, 0) is 10.0 Å². The van der Waals surface area contributed by atoms with Crippen molar-refractivity contribution in [2.75, 3.05) is 17.7 Å². The van der Waals surface area contributed by atoms with Crippen LogP contribution in [0, 0.1) is 5.82 Å². The molecule has 12 heteroatoms. The van der Waals surface area contributed by atoms with E-state index in [1.165, 1.54) is 28.8 Å². The van der Waals surface area contributed by atoms with E-state index in [-0.39, 0.29) is 19.9 Å². The highest BCUT2D eigenvalue weighted by Crippen LogP contribution is 2.30. The number of halogens is 2. The van der Waals surface area contributed by atoms with Gasteiger partial charge in [-0.2, -0.15) is 0 Å². The molecule has 0 saturated heterocycles. The maximum atomic E-state index is 15.4. The average Bonchev–Trinajstić information content (AvgIpc) is 3.37. The third kappa shape index (κ3) is 5.37. The normalized spacial score (nSPS) is 11.4. The summed E-state index contributed by atoms with van der Waals surface area (Å²) in [5, 5.41) is 6.47. The Morgan fingerprint density at radius 2 is 1.69 bits per heavy atom. The first-order chi connectivity index (χ1) is 18.7. The number of hydrogen-bond donors (Lipinski definition) is 3. The third-order valence-corrected chi connectivity index (χ3v) is 8.95. The molecule has 5 aromatic rings. The molecule has 39 heavy (non-hydrogen) atoms. The summed E-state index contributed by atoms with van der Waals surface area (Å²) in [4.78, 5) is 25.8. The van der Waals surface area contributed by atoms with Crippen LogP contribution in [0.1, 0.15) is 0 Å². The smallest absolute Gasteiger partial charge is 0.333 e. The number of nitrogens with zero attached hydrogens (tertiary/aromatic N) is 1. The molecule has 2 amide bonds. The van der Waals surface area contributed by atoms with E-state index in [0.717, 1.165) is 34.2 Å². The van der Waals surface area contributed by atoms with Crippen molar-refractivity contribution in [1.82, 2.24) is 9.29 Å². The number of carbonyl (C=O) groups excluding carboxylic acids is 1. The number of aromatic nitrogens is 1. The Hall–Kier alpha value is -4.19. The number of fused-ring (bicyclic) bond motifs is 1. The fraction of sp³-hybridized carbons (Fsp3) is 0.0370. The fourth-order valence-corrected chi connectivity index (χ4v) is 6.46. The number of hydrogen-bond acceptors (Lipinski definition) is 6. The summed E-state index contributed by atoms with van der Waals surface area (Å²) < 4.78 is 43.2. The Labute approximate surface area is 231 Å². The van der Waals surface area contributed by atoms with Gasteiger partial charge in [0.1, 0.15) is 10.0 Å². The minimum atomic E-state index is -4.15. The van der Waals surface area contributed by atoms with Crippen LogP contribution in [0.2, 0.25) is 4.34 Å². The number of thiophene rings is 1. The largest absolute Gasteiger partial charge is 0.388 e. The highest BCUT2D eigenvalue weighted by atomic mass is 35.5. The van der Waals surface area contributed by atoms with Gasteiger partial charge in [0.2, 0.25) is 0 Å². The van der Waals surface area contributed by atoms with Gasteiger partial charge in [0.05, 0.1) is 10.0 Å². The van der Waals surface area contributed by atoms with Gasteiger partial charge < -0.3 is 10.6 Å². The molecule has 0 aliphatic rings. The summed E-state index contributed by atoms with van der Waals surface area (Å²) in [6, 6.07) is 20.0. The van der Waals surface area contributed by atoms with Crippen LogP contribution in [0.15, 0.2) is 94.1 Å². The molecule has 0 saturated carbocycles. The summed E-state index contributed by atoms with van der Waals surface area (Å²) in [6.07, 6.45) is 1.58. The number of amides is 2. The number of rotatable bonds is 6. The monoisotopic (exact) mass is 582 g/mol. The Kier molecular flexibility index (Phi) is 7.13. The SMILES string of the molecule is CNc1ccc2c(=O)n(-c3ccc(NC(=O)NS(=O)(=O)c4ccc(Cl)s4)cc3F)cc(-c3ccccc3)c2c1. The van der Waals surface area contributed by atoms with Gasteiger partial charge in [-0.3, -0.25) is 9.36 Å². The summed E-state index contributed by atoms with van der Waals surface area (Å²) in [5.74, 6) is -0.798. The molecule has 5 rings (SSSR count). The maximum absolute atomic E-state index is 15.4. The van der Waals surface area contributed by atoms with Crippen molar-refractivity contribution >= 4 is 61.1 Å². The molecule has 8 nitrogen and oxygen atoms in total. The number of urea groups is 1. The summed E-state index contributed by atoms with van der Waals surface area (Å²) in [6.45, 7) is 0. The molecule has 0 aliphatic carbocycles. The second-order valence-corrected chi connectivity index (χ2v) is 12.0. The molecule has 0 fully saturated rings. The van der Waals surface area contributed by atoms with Gasteiger partial charge in [-0.05, 0) is 59.5 Å². The lowest BCUT2D eigenvalue weighted by Crippen LogP contribution is -2.34. The van der Waals surface area contributed by atoms with E-state index in [2.05, 4.69) is 10.6 Å². The fourth-order valence-electron chi connectivity index (χ4n) is 4.07. The summed E-state index contributed by atoms with van der Waals surface area (Å²) in [7, 11) is -2.37. The lowest BCUT2D eigenvalue weighted by atomic mass is 10.00. The van der Waals surface area contributed by atoms with E-state index < -0.39 is 27.4 Å². The minimum absolute atomic E-state index is 0.0102. The van der Waals surface area contributed by atoms with Crippen LogP contribution >= 0.6 is 22.9 Å². The number of pyridine rings is 1. The van der Waals surface area contributed by atoms with Gasteiger partial charge in [-0.1, -0.05) is 41.9 Å². The molecule has 2 heterocycles. The Bertz CT molecular complexity index is 1890. The van der Waals surface area contributed by atoms with Crippen molar-refractivity contribution < 1.29 is 17.6 Å². The van der Waals surface area contributed by atoms with E-state index in [1.807, 2.05) is 41.1 Å². The molecule has 0 bridgehead atoms. The first-order valence-corrected chi connectivity index (χ1v) is 14.2. The standard InChI is InChI=1S/C27H20ClFN4O4S2/c1-30-17-7-9-19-20(13-17)21(16-5-3-2-4-6-16)15-33(26(19)34)23-10-8-18(14-22(23)29)31-27(35)32-39(36,37)25-12-11-24(28)38-25/h2-15,30H,1H3,(H2,31,32,35). The van der Waals surface area contributed by atoms with Crippen LogP contribution in [0.5, 0.6) is 0 Å². The van der Waals surface area contributed by atoms with Crippen LogP contribution in [0.3, 0.4) is 0 Å². The molecule has 2 aromatic heterocycles. The van der Waals surface area contributed by atoms with Crippen molar-refractivity contribution in [2.45, 2.75) is 4.21 Å². The van der Waals surface area contributed by atoms with Gasteiger partial charge in [0, 0.05) is 35.6 Å². The average molecular weight is 583 g/mol. The number of benzene rings is 3. The van der Waals surface area contributed by atoms with Crippen LogP contribution in [0.4, 0.5) is 20.6 Å². The van der Waals surface area contributed by atoms with E-state index in [4.69, 9.17) is 11.6 Å². The number of sulfonamides is 1. The van der Waals surface area contributed by atoms with E-state index in [1.54, 1.807) is 25.4 Å². The zero-order chi connectivity index (χ0) is 27.7. The molecule has 3 aromatic carbocycles. The molecular weight excluding hydrogens is 563 g/mol. The maximum Gasteiger partial charge on any atom is 0.333 e. The first kappa shape index (κ1) is 26.4. The van der Waals surface area contributed by atoms with Gasteiger partial charge in [0.15, 0.2) is 0 Å². The zero-order valence-electron chi connectivity index (χ0n) is 20.2. The van der Waals surface area contributed by atoms with Crippen LogP contribution in [0.25, 0.3) is 27.6 Å². The quantitative estimate of drug-likeness (QED) is 0.225. The summed E-state index contributed by atoms with van der Waals surface area (Å²) >= 11 is 6.56. The Morgan fingerprint density at radius 3 is 2.36 bits per heavy atom. The third-order valence-electron chi connectivity index (χ3n) is 5.90.